The Bertz CT molecular complexity index is 629. The van der Waals surface area contributed by atoms with E-state index in [4.69, 9.17) is 0 Å². The molecule has 2 heterocycles. The number of carbonyl (C=O) groups excluding carboxylic acids is 1. The number of hydrogen-bond donors (Lipinski definition) is 1. The summed E-state index contributed by atoms with van der Waals surface area (Å²) in [4.78, 5) is 18.9. The van der Waals surface area contributed by atoms with E-state index < -0.39 is 0 Å². The molecule has 0 aliphatic carbocycles. The molecule has 1 saturated heterocycles. The van der Waals surface area contributed by atoms with Crippen LogP contribution in [0, 0.1) is 0 Å². The zero-order chi connectivity index (χ0) is 14.7. The van der Waals surface area contributed by atoms with Crippen molar-refractivity contribution >= 4 is 16.8 Å². The molecule has 1 atom stereocenters. The van der Waals surface area contributed by atoms with Crippen LogP contribution in [0.15, 0.2) is 36.5 Å². The third kappa shape index (κ3) is 3.05. The fraction of sp³-hybridized carbons (Fsp3) is 0.412. The Hall–Kier alpha value is -1.94. The average molecular weight is 283 g/mol. The van der Waals surface area contributed by atoms with Crippen LogP contribution in [0.1, 0.15) is 29.6 Å². The fourth-order valence-electron chi connectivity index (χ4n) is 2.98. The first-order valence-electron chi connectivity index (χ1n) is 7.58. The number of pyridine rings is 1. The molecule has 0 spiro atoms. The maximum absolute atomic E-state index is 12.7. The van der Waals surface area contributed by atoms with E-state index in [0.29, 0.717) is 11.6 Å². The first kappa shape index (κ1) is 14.0. The number of nitrogens with zero attached hydrogens (tertiary/aromatic N) is 2. The minimum atomic E-state index is 0.0478. The third-order valence-corrected chi connectivity index (χ3v) is 4.12. The maximum Gasteiger partial charge on any atom is 0.255 e. The van der Waals surface area contributed by atoms with Crippen molar-refractivity contribution in [1.29, 1.82) is 0 Å². The molecular formula is C17H21N3O. The number of rotatable bonds is 3. The van der Waals surface area contributed by atoms with Crippen LogP contribution in [-0.2, 0) is 0 Å². The lowest BCUT2D eigenvalue weighted by molar-refractivity contribution is 0.0777. The SMILES string of the molecule is CN(CC1CCCCN1)C(=O)c1cccc2cccnc12. The van der Waals surface area contributed by atoms with Crippen molar-refractivity contribution < 1.29 is 4.79 Å². The Morgan fingerprint density at radius 1 is 1.33 bits per heavy atom. The molecule has 0 saturated carbocycles. The Labute approximate surface area is 125 Å². The van der Waals surface area contributed by atoms with E-state index in [1.165, 1.54) is 12.8 Å². The van der Waals surface area contributed by atoms with Gasteiger partial charge in [0.25, 0.3) is 5.91 Å². The van der Waals surface area contributed by atoms with Gasteiger partial charge < -0.3 is 10.2 Å². The number of likely N-dealkylation sites (N-methyl/N-ethyl adjacent to an activating group) is 1. The van der Waals surface area contributed by atoms with Gasteiger partial charge in [-0.3, -0.25) is 9.78 Å². The van der Waals surface area contributed by atoms with Gasteiger partial charge >= 0.3 is 0 Å². The van der Waals surface area contributed by atoms with Crippen LogP contribution in [0.25, 0.3) is 10.9 Å². The highest BCUT2D eigenvalue weighted by Gasteiger charge is 2.20. The van der Waals surface area contributed by atoms with Crippen LogP contribution in [0.3, 0.4) is 0 Å². The molecule has 3 rings (SSSR count). The van der Waals surface area contributed by atoms with E-state index >= 15 is 0 Å². The number of piperidine rings is 1. The molecule has 1 aliphatic heterocycles. The Morgan fingerprint density at radius 2 is 2.19 bits per heavy atom. The van der Waals surface area contributed by atoms with Crippen LogP contribution in [0.4, 0.5) is 0 Å². The van der Waals surface area contributed by atoms with Crippen molar-refractivity contribution in [3.8, 4) is 0 Å². The summed E-state index contributed by atoms with van der Waals surface area (Å²) in [6, 6.07) is 10.1. The molecule has 0 radical (unpaired) electrons. The van der Waals surface area contributed by atoms with Crippen molar-refractivity contribution in [2.24, 2.45) is 0 Å². The standard InChI is InChI=1S/C17H21N3O/c1-20(12-14-8-2-3-10-18-14)17(21)15-9-4-6-13-7-5-11-19-16(13)15/h4-7,9,11,14,18H,2-3,8,10,12H2,1H3. The molecule has 1 N–H and O–H groups in total. The smallest absolute Gasteiger partial charge is 0.255 e. The van der Waals surface area contributed by atoms with Gasteiger partial charge in [0, 0.05) is 31.2 Å². The number of carbonyl (C=O) groups is 1. The Morgan fingerprint density at radius 3 is 3.00 bits per heavy atom. The van der Waals surface area contributed by atoms with E-state index in [0.717, 1.165) is 30.4 Å². The van der Waals surface area contributed by atoms with Gasteiger partial charge in [-0.2, -0.15) is 0 Å². The van der Waals surface area contributed by atoms with Gasteiger partial charge in [-0.15, -0.1) is 0 Å². The maximum atomic E-state index is 12.7. The molecule has 2 aromatic rings. The highest BCUT2D eigenvalue weighted by Crippen LogP contribution is 2.18. The monoisotopic (exact) mass is 283 g/mol. The number of para-hydroxylation sites is 1. The van der Waals surface area contributed by atoms with Crippen molar-refractivity contribution in [2.45, 2.75) is 25.3 Å². The first-order chi connectivity index (χ1) is 10.3. The van der Waals surface area contributed by atoms with Gasteiger partial charge in [0.2, 0.25) is 0 Å². The summed E-state index contributed by atoms with van der Waals surface area (Å²) in [6.07, 6.45) is 5.37. The lowest BCUT2D eigenvalue weighted by Crippen LogP contribution is -2.44. The Balaban J connectivity index is 1.79. The topological polar surface area (TPSA) is 45.2 Å². The quantitative estimate of drug-likeness (QED) is 0.941. The minimum Gasteiger partial charge on any atom is -0.340 e. The van der Waals surface area contributed by atoms with Gasteiger partial charge in [-0.05, 0) is 31.5 Å². The highest BCUT2D eigenvalue weighted by atomic mass is 16.2. The molecular weight excluding hydrogens is 262 g/mol. The number of amides is 1. The largest absolute Gasteiger partial charge is 0.340 e. The van der Waals surface area contributed by atoms with Crippen molar-refractivity contribution in [3.63, 3.8) is 0 Å². The van der Waals surface area contributed by atoms with E-state index in [1.807, 2.05) is 42.3 Å². The Kier molecular flexibility index (Phi) is 4.15. The molecule has 0 bridgehead atoms. The lowest BCUT2D eigenvalue weighted by Gasteiger charge is -2.28. The zero-order valence-corrected chi connectivity index (χ0v) is 12.4. The first-order valence-corrected chi connectivity index (χ1v) is 7.58. The molecule has 4 nitrogen and oxygen atoms in total. The van der Waals surface area contributed by atoms with Gasteiger partial charge in [-0.25, -0.2) is 0 Å². The molecule has 1 aromatic carbocycles. The van der Waals surface area contributed by atoms with Crippen LogP contribution < -0.4 is 5.32 Å². The number of aromatic nitrogens is 1. The van der Waals surface area contributed by atoms with E-state index in [2.05, 4.69) is 10.3 Å². The number of hydrogen-bond acceptors (Lipinski definition) is 3. The van der Waals surface area contributed by atoms with Crippen LogP contribution in [-0.4, -0.2) is 42.0 Å². The summed E-state index contributed by atoms with van der Waals surface area (Å²) >= 11 is 0. The van der Waals surface area contributed by atoms with Crippen LogP contribution in [0.5, 0.6) is 0 Å². The fourth-order valence-corrected chi connectivity index (χ4v) is 2.98. The second-order valence-electron chi connectivity index (χ2n) is 5.71. The van der Waals surface area contributed by atoms with Crippen molar-refractivity contribution in [1.82, 2.24) is 15.2 Å². The third-order valence-electron chi connectivity index (χ3n) is 4.12. The molecule has 1 fully saturated rings. The summed E-state index contributed by atoms with van der Waals surface area (Å²) in [6.45, 7) is 1.81. The summed E-state index contributed by atoms with van der Waals surface area (Å²) in [5, 5.41) is 4.49. The highest BCUT2D eigenvalue weighted by molar-refractivity contribution is 6.05. The molecule has 1 aromatic heterocycles. The predicted octanol–water partition coefficient (Wildman–Crippen LogP) is 2.45. The number of benzene rings is 1. The second kappa shape index (κ2) is 6.22. The summed E-state index contributed by atoms with van der Waals surface area (Å²) in [5.41, 5.74) is 1.47. The van der Waals surface area contributed by atoms with Crippen molar-refractivity contribution in [2.75, 3.05) is 20.1 Å². The van der Waals surface area contributed by atoms with E-state index in [-0.39, 0.29) is 5.91 Å². The van der Waals surface area contributed by atoms with E-state index in [1.54, 1.807) is 6.20 Å². The van der Waals surface area contributed by atoms with Gasteiger partial charge in [-0.1, -0.05) is 24.6 Å². The summed E-state index contributed by atoms with van der Waals surface area (Å²) < 4.78 is 0. The van der Waals surface area contributed by atoms with E-state index in [9.17, 15) is 4.79 Å². The number of fused-ring (bicyclic) bond motifs is 1. The second-order valence-corrected chi connectivity index (χ2v) is 5.71. The van der Waals surface area contributed by atoms with Crippen molar-refractivity contribution in [3.05, 3.63) is 42.1 Å². The van der Waals surface area contributed by atoms with Gasteiger partial charge in [0.15, 0.2) is 0 Å². The molecule has 110 valence electrons. The molecule has 1 aliphatic rings. The molecule has 1 unspecified atom stereocenters. The molecule has 4 heteroatoms. The van der Waals surface area contributed by atoms with Crippen LogP contribution in [0.2, 0.25) is 0 Å². The minimum absolute atomic E-state index is 0.0478. The molecule has 1 amide bonds. The van der Waals surface area contributed by atoms with Gasteiger partial charge in [0.1, 0.15) is 0 Å². The zero-order valence-electron chi connectivity index (χ0n) is 12.4. The summed E-state index contributed by atoms with van der Waals surface area (Å²) in [5.74, 6) is 0.0478. The predicted molar refractivity (Wildman–Crippen MR) is 84.3 cm³/mol. The normalized spacial score (nSPS) is 18.6. The van der Waals surface area contributed by atoms with Crippen LogP contribution >= 0.6 is 0 Å². The lowest BCUT2D eigenvalue weighted by atomic mass is 10.0. The molecule has 21 heavy (non-hydrogen) atoms. The van der Waals surface area contributed by atoms with Gasteiger partial charge in [0.05, 0.1) is 11.1 Å². The number of nitrogens with one attached hydrogen (secondary N) is 1. The summed E-state index contributed by atoms with van der Waals surface area (Å²) in [7, 11) is 1.88. The average Bonchev–Trinajstić information content (AvgIpc) is 2.54.